The van der Waals surface area contributed by atoms with Gasteiger partial charge in [-0.25, -0.2) is 4.39 Å². The van der Waals surface area contributed by atoms with Crippen molar-refractivity contribution in [3.05, 3.63) is 33.1 Å². The van der Waals surface area contributed by atoms with Crippen molar-refractivity contribution in [3.63, 3.8) is 0 Å². The van der Waals surface area contributed by atoms with E-state index in [1.165, 1.54) is 23.1 Å². The van der Waals surface area contributed by atoms with E-state index in [4.69, 9.17) is 0 Å². The maximum Gasteiger partial charge on any atom is 0.252 e. The van der Waals surface area contributed by atoms with Crippen LogP contribution in [-0.4, -0.2) is 35.7 Å². The summed E-state index contributed by atoms with van der Waals surface area (Å²) in [6.07, 6.45) is 1.02. The molecule has 7 heteroatoms. The minimum Gasteiger partial charge on any atom is -0.352 e. The predicted molar refractivity (Wildman–Crippen MR) is 82.0 cm³/mol. The maximum atomic E-state index is 13.1. The first kappa shape index (κ1) is 15.9. The number of hydrogen-bond acceptors (Lipinski definition) is 3. The topological polar surface area (TPSA) is 66.5 Å². The summed E-state index contributed by atoms with van der Waals surface area (Å²) >= 11 is 1.96. The highest BCUT2D eigenvalue weighted by Crippen LogP contribution is 2.14. The molecule has 5 nitrogen and oxygen atoms in total. The summed E-state index contributed by atoms with van der Waals surface area (Å²) in [5.41, 5.74) is 0.281. The van der Waals surface area contributed by atoms with Gasteiger partial charge in [0, 0.05) is 29.5 Å². The SMILES string of the molecule is O=C(NCCCN1C(=O)CCC1=O)c1cc(F)ccc1I. The van der Waals surface area contributed by atoms with Gasteiger partial charge in [-0.2, -0.15) is 0 Å². The fourth-order valence-corrected chi connectivity index (χ4v) is 2.66. The molecule has 1 heterocycles. The second-order valence-electron chi connectivity index (χ2n) is 4.67. The Labute approximate surface area is 135 Å². The number of hydrogen-bond donors (Lipinski definition) is 1. The first-order valence-electron chi connectivity index (χ1n) is 6.55. The normalized spacial score (nSPS) is 14.7. The lowest BCUT2D eigenvalue weighted by Gasteiger charge is -2.13. The van der Waals surface area contributed by atoms with Gasteiger partial charge in [-0.15, -0.1) is 0 Å². The van der Waals surface area contributed by atoms with E-state index in [-0.39, 0.29) is 36.1 Å². The van der Waals surface area contributed by atoms with Gasteiger partial charge in [-0.05, 0) is 47.2 Å². The molecule has 0 atom stereocenters. The van der Waals surface area contributed by atoms with Gasteiger partial charge < -0.3 is 5.32 Å². The summed E-state index contributed by atoms with van der Waals surface area (Å²) in [6, 6.07) is 4.01. The lowest BCUT2D eigenvalue weighted by molar-refractivity contribution is -0.138. The molecule has 3 amide bonds. The molecule has 1 aliphatic rings. The van der Waals surface area contributed by atoms with Gasteiger partial charge >= 0.3 is 0 Å². The largest absolute Gasteiger partial charge is 0.352 e. The van der Waals surface area contributed by atoms with E-state index < -0.39 is 5.82 Å². The lowest BCUT2D eigenvalue weighted by atomic mass is 10.2. The van der Waals surface area contributed by atoms with Crippen LogP contribution >= 0.6 is 22.6 Å². The highest BCUT2D eigenvalue weighted by molar-refractivity contribution is 14.1. The number of benzene rings is 1. The van der Waals surface area contributed by atoms with Crippen LogP contribution in [0.15, 0.2) is 18.2 Å². The monoisotopic (exact) mass is 404 g/mol. The van der Waals surface area contributed by atoms with Gasteiger partial charge in [-0.1, -0.05) is 0 Å². The Morgan fingerprint density at radius 1 is 1.29 bits per heavy atom. The molecule has 0 aromatic heterocycles. The molecule has 1 aromatic rings. The fourth-order valence-electron chi connectivity index (χ4n) is 2.08. The molecule has 0 saturated carbocycles. The van der Waals surface area contributed by atoms with Gasteiger partial charge in [-0.3, -0.25) is 19.3 Å². The number of rotatable bonds is 5. The van der Waals surface area contributed by atoms with Gasteiger partial charge in [0.15, 0.2) is 0 Å². The van der Waals surface area contributed by atoms with Crippen molar-refractivity contribution in [1.29, 1.82) is 0 Å². The third-order valence-electron chi connectivity index (χ3n) is 3.17. The molecule has 0 bridgehead atoms. The van der Waals surface area contributed by atoms with Crippen molar-refractivity contribution >= 4 is 40.3 Å². The molecule has 1 aliphatic heterocycles. The summed E-state index contributed by atoms with van der Waals surface area (Å²) in [5, 5.41) is 2.66. The molecule has 0 radical (unpaired) electrons. The third-order valence-corrected chi connectivity index (χ3v) is 4.11. The van der Waals surface area contributed by atoms with Crippen LogP contribution in [0.5, 0.6) is 0 Å². The van der Waals surface area contributed by atoms with Crippen molar-refractivity contribution < 1.29 is 18.8 Å². The average Bonchev–Trinajstić information content (AvgIpc) is 2.77. The second kappa shape index (κ2) is 6.97. The molecule has 1 N–H and O–H groups in total. The molecule has 1 aromatic carbocycles. The van der Waals surface area contributed by atoms with Crippen LogP contribution in [-0.2, 0) is 9.59 Å². The Balaban J connectivity index is 1.81. The molecule has 0 spiro atoms. The molecule has 1 fully saturated rings. The lowest BCUT2D eigenvalue weighted by Crippen LogP contribution is -2.33. The summed E-state index contributed by atoms with van der Waals surface area (Å²) in [6.45, 7) is 0.626. The number of halogens is 2. The Morgan fingerprint density at radius 2 is 1.95 bits per heavy atom. The highest BCUT2D eigenvalue weighted by Gasteiger charge is 2.27. The van der Waals surface area contributed by atoms with E-state index in [1.807, 2.05) is 22.6 Å². The molecular weight excluding hydrogens is 390 g/mol. The molecule has 0 aliphatic carbocycles. The Bertz CT molecular complexity index is 576. The van der Waals surface area contributed by atoms with Crippen molar-refractivity contribution in [2.75, 3.05) is 13.1 Å². The fraction of sp³-hybridized carbons (Fsp3) is 0.357. The zero-order valence-electron chi connectivity index (χ0n) is 11.2. The number of nitrogens with zero attached hydrogens (tertiary/aromatic N) is 1. The summed E-state index contributed by atoms with van der Waals surface area (Å²) in [7, 11) is 0. The third kappa shape index (κ3) is 3.99. The van der Waals surface area contributed by atoms with Crippen LogP contribution < -0.4 is 5.32 Å². The predicted octanol–water partition coefficient (Wildman–Crippen LogP) is 1.70. The smallest absolute Gasteiger partial charge is 0.252 e. The highest BCUT2D eigenvalue weighted by atomic mass is 127. The molecule has 112 valence electrons. The molecule has 21 heavy (non-hydrogen) atoms. The molecule has 0 unspecified atom stereocenters. The first-order chi connectivity index (χ1) is 9.99. The molecular formula is C14H14FIN2O3. The zero-order chi connectivity index (χ0) is 15.4. The number of imide groups is 1. The molecule has 2 rings (SSSR count). The standard InChI is InChI=1S/C14H14FIN2O3/c15-9-2-3-11(16)10(8-9)14(21)17-6-1-7-18-12(19)4-5-13(18)20/h2-3,8H,1,4-7H2,(H,17,21). The second-order valence-corrected chi connectivity index (χ2v) is 5.83. The minimum atomic E-state index is -0.464. The van der Waals surface area contributed by atoms with Gasteiger partial charge in [0.05, 0.1) is 5.56 Å². The van der Waals surface area contributed by atoms with Crippen LogP contribution in [0.3, 0.4) is 0 Å². The molecule has 1 saturated heterocycles. The van der Waals surface area contributed by atoms with Crippen LogP contribution in [0.1, 0.15) is 29.6 Å². The summed E-state index contributed by atoms with van der Waals surface area (Å²) < 4.78 is 13.8. The summed E-state index contributed by atoms with van der Waals surface area (Å²) in [5.74, 6) is -1.15. The quantitative estimate of drug-likeness (QED) is 0.462. The van der Waals surface area contributed by atoms with Crippen molar-refractivity contribution in [3.8, 4) is 0 Å². The number of likely N-dealkylation sites (tertiary alicyclic amines) is 1. The van der Waals surface area contributed by atoms with E-state index >= 15 is 0 Å². The van der Waals surface area contributed by atoms with Gasteiger partial charge in [0.1, 0.15) is 5.82 Å². The Kier molecular flexibility index (Phi) is 5.27. The Hall–Kier alpha value is -1.51. The van der Waals surface area contributed by atoms with Crippen molar-refractivity contribution in [2.24, 2.45) is 0 Å². The van der Waals surface area contributed by atoms with Gasteiger partial charge in [0.25, 0.3) is 5.91 Å². The van der Waals surface area contributed by atoms with E-state index in [1.54, 1.807) is 0 Å². The van der Waals surface area contributed by atoms with E-state index in [0.717, 1.165) is 0 Å². The van der Waals surface area contributed by atoms with Crippen molar-refractivity contribution in [1.82, 2.24) is 10.2 Å². The maximum absolute atomic E-state index is 13.1. The number of carbonyl (C=O) groups is 3. The van der Waals surface area contributed by atoms with E-state index in [0.29, 0.717) is 23.1 Å². The van der Waals surface area contributed by atoms with Crippen LogP contribution in [0.4, 0.5) is 4.39 Å². The Morgan fingerprint density at radius 3 is 2.62 bits per heavy atom. The average molecular weight is 404 g/mol. The summed E-state index contributed by atoms with van der Waals surface area (Å²) in [4.78, 5) is 35.9. The number of carbonyl (C=O) groups excluding carboxylic acids is 3. The minimum absolute atomic E-state index is 0.161. The van der Waals surface area contributed by atoms with Crippen LogP contribution in [0.25, 0.3) is 0 Å². The van der Waals surface area contributed by atoms with Gasteiger partial charge in [0.2, 0.25) is 11.8 Å². The number of amides is 3. The van der Waals surface area contributed by atoms with Crippen molar-refractivity contribution in [2.45, 2.75) is 19.3 Å². The first-order valence-corrected chi connectivity index (χ1v) is 7.63. The van der Waals surface area contributed by atoms with Crippen LogP contribution in [0.2, 0.25) is 0 Å². The van der Waals surface area contributed by atoms with E-state index in [9.17, 15) is 18.8 Å². The zero-order valence-corrected chi connectivity index (χ0v) is 13.4. The number of nitrogens with one attached hydrogen (secondary N) is 1. The van der Waals surface area contributed by atoms with Crippen LogP contribution in [0, 0.1) is 9.39 Å². The van der Waals surface area contributed by atoms with E-state index in [2.05, 4.69) is 5.32 Å².